The highest BCUT2D eigenvalue weighted by Gasteiger charge is 2.13. The molecule has 1 N–H and O–H groups in total. The van der Waals surface area contributed by atoms with Gasteiger partial charge in [-0.25, -0.2) is 4.79 Å². The lowest BCUT2D eigenvalue weighted by Gasteiger charge is -2.10. The average Bonchev–Trinajstić information content (AvgIpc) is 2.76. The molecule has 1 amide bonds. The maximum Gasteiger partial charge on any atom is 0.336 e. The molecular weight excluding hydrogens is 476 g/mol. The van der Waals surface area contributed by atoms with E-state index in [4.69, 9.17) is 14.2 Å². The third kappa shape index (κ3) is 7.00. The standard InChI is InChI=1S/C24H23BrN2O5/c1-15(2)27-24(29)18(14-26)11-16-5-8-21(22(12-16)31-4)32-23(28)10-6-17-13-19(25)7-9-20(17)30-3/h5-13,15H,1-4H3,(H,27,29)/b10-6+,18-11+. The van der Waals surface area contributed by atoms with Gasteiger partial charge in [0.2, 0.25) is 0 Å². The third-order valence-electron chi connectivity index (χ3n) is 4.08. The number of esters is 1. The van der Waals surface area contributed by atoms with E-state index in [-0.39, 0.29) is 23.1 Å². The topological polar surface area (TPSA) is 97.7 Å². The Balaban J connectivity index is 2.20. The zero-order valence-corrected chi connectivity index (χ0v) is 19.7. The summed E-state index contributed by atoms with van der Waals surface area (Å²) in [5.41, 5.74) is 1.21. The van der Waals surface area contributed by atoms with Crippen LogP contribution in [0.5, 0.6) is 17.2 Å². The molecule has 0 aliphatic rings. The van der Waals surface area contributed by atoms with Gasteiger partial charge in [0.05, 0.1) is 14.2 Å². The van der Waals surface area contributed by atoms with E-state index in [1.54, 1.807) is 45.2 Å². The minimum Gasteiger partial charge on any atom is -0.496 e. The molecular formula is C24H23BrN2O5. The molecule has 0 bridgehead atoms. The van der Waals surface area contributed by atoms with Crippen LogP contribution in [0.4, 0.5) is 0 Å². The number of ether oxygens (including phenoxy) is 3. The Morgan fingerprint density at radius 2 is 1.75 bits per heavy atom. The number of nitrogens with one attached hydrogen (secondary N) is 1. The highest BCUT2D eigenvalue weighted by Crippen LogP contribution is 2.29. The molecule has 166 valence electrons. The fourth-order valence-corrected chi connectivity index (χ4v) is 3.03. The van der Waals surface area contributed by atoms with Gasteiger partial charge < -0.3 is 19.5 Å². The minimum atomic E-state index is -0.609. The lowest BCUT2D eigenvalue weighted by Crippen LogP contribution is -2.30. The summed E-state index contributed by atoms with van der Waals surface area (Å²) in [6.07, 6.45) is 4.30. The normalized spacial score (nSPS) is 11.2. The molecule has 0 saturated carbocycles. The fourth-order valence-electron chi connectivity index (χ4n) is 2.65. The number of halogens is 1. The van der Waals surface area contributed by atoms with Crippen molar-refractivity contribution in [3.63, 3.8) is 0 Å². The van der Waals surface area contributed by atoms with Crippen molar-refractivity contribution in [3.05, 3.63) is 63.6 Å². The zero-order chi connectivity index (χ0) is 23.7. The summed E-state index contributed by atoms with van der Waals surface area (Å²) in [5.74, 6) is 0.0150. The number of nitrogens with zero attached hydrogens (tertiary/aromatic N) is 1. The van der Waals surface area contributed by atoms with Gasteiger partial charge in [-0.05, 0) is 61.9 Å². The smallest absolute Gasteiger partial charge is 0.336 e. The number of methoxy groups -OCH3 is 2. The molecule has 0 unspecified atom stereocenters. The second-order valence-electron chi connectivity index (χ2n) is 6.85. The predicted molar refractivity (Wildman–Crippen MR) is 125 cm³/mol. The summed E-state index contributed by atoms with van der Waals surface area (Å²) in [7, 11) is 2.98. The molecule has 0 heterocycles. The quantitative estimate of drug-likeness (QED) is 0.248. The monoisotopic (exact) mass is 498 g/mol. The van der Waals surface area contributed by atoms with Crippen molar-refractivity contribution in [3.8, 4) is 23.3 Å². The first-order valence-electron chi connectivity index (χ1n) is 9.61. The van der Waals surface area contributed by atoms with Crippen LogP contribution in [-0.2, 0) is 9.59 Å². The van der Waals surface area contributed by atoms with Crippen molar-refractivity contribution in [1.82, 2.24) is 5.32 Å². The first-order valence-corrected chi connectivity index (χ1v) is 10.4. The molecule has 32 heavy (non-hydrogen) atoms. The Hall–Kier alpha value is -3.57. The lowest BCUT2D eigenvalue weighted by atomic mass is 10.1. The Labute approximate surface area is 195 Å². The maximum absolute atomic E-state index is 12.3. The summed E-state index contributed by atoms with van der Waals surface area (Å²) < 4.78 is 16.8. The van der Waals surface area contributed by atoms with Crippen molar-refractivity contribution in [2.75, 3.05) is 14.2 Å². The lowest BCUT2D eigenvalue weighted by molar-refractivity contribution is -0.129. The molecule has 2 aromatic carbocycles. The van der Waals surface area contributed by atoms with E-state index in [0.717, 1.165) is 4.47 Å². The predicted octanol–water partition coefficient (Wildman–Crippen LogP) is 4.52. The van der Waals surface area contributed by atoms with Crippen LogP contribution >= 0.6 is 15.9 Å². The summed E-state index contributed by atoms with van der Waals surface area (Å²) in [5, 5.41) is 11.9. The van der Waals surface area contributed by atoms with Gasteiger partial charge in [-0.1, -0.05) is 22.0 Å². The van der Waals surface area contributed by atoms with E-state index in [9.17, 15) is 14.9 Å². The molecule has 0 spiro atoms. The first kappa shape index (κ1) is 24.7. The molecule has 0 aliphatic carbocycles. The van der Waals surface area contributed by atoms with Gasteiger partial charge in [-0.2, -0.15) is 5.26 Å². The molecule has 2 rings (SSSR count). The molecule has 0 fully saturated rings. The van der Waals surface area contributed by atoms with Crippen molar-refractivity contribution < 1.29 is 23.8 Å². The first-order chi connectivity index (χ1) is 15.3. The Morgan fingerprint density at radius 3 is 2.38 bits per heavy atom. The highest BCUT2D eigenvalue weighted by atomic mass is 79.9. The average molecular weight is 499 g/mol. The maximum atomic E-state index is 12.3. The van der Waals surface area contributed by atoms with Crippen molar-refractivity contribution in [2.24, 2.45) is 0 Å². The Morgan fingerprint density at radius 1 is 1.06 bits per heavy atom. The highest BCUT2D eigenvalue weighted by molar-refractivity contribution is 9.10. The van der Waals surface area contributed by atoms with Crippen molar-refractivity contribution in [2.45, 2.75) is 19.9 Å². The largest absolute Gasteiger partial charge is 0.496 e. The zero-order valence-electron chi connectivity index (χ0n) is 18.1. The molecule has 0 aliphatic heterocycles. The summed E-state index contributed by atoms with van der Waals surface area (Å²) >= 11 is 3.38. The molecule has 0 radical (unpaired) electrons. The van der Waals surface area contributed by atoms with Gasteiger partial charge >= 0.3 is 5.97 Å². The molecule has 0 atom stereocenters. The SMILES string of the molecule is COc1ccc(Br)cc1/C=C/C(=O)Oc1ccc(/C=C(\C#N)C(=O)NC(C)C)cc1OC. The number of benzene rings is 2. The van der Waals surface area contributed by atoms with Crippen molar-refractivity contribution >= 4 is 40.0 Å². The van der Waals surface area contributed by atoms with Crippen LogP contribution in [0.25, 0.3) is 12.2 Å². The van der Waals surface area contributed by atoms with Gasteiger partial charge in [-0.3, -0.25) is 4.79 Å². The molecule has 8 heteroatoms. The van der Waals surface area contributed by atoms with Crippen LogP contribution in [0, 0.1) is 11.3 Å². The van der Waals surface area contributed by atoms with Crippen LogP contribution < -0.4 is 19.5 Å². The summed E-state index contributed by atoms with van der Waals surface area (Å²) in [4.78, 5) is 24.4. The van der Waals surface area contributed by atoms with E-state index < -0.39 is 11.9 Å². The number of rotatable bonds is 8. The van der Waals surface area contributed by atoms with Gasteiger partial charge in [0.1, 0.15) is 17.4 Å². The van der Waals surface area contributed by atoms with Gasteiger partial charge in [0.25, 0.3) is 5.91 Å². The van der Waals surface area contributed by atoms with Crippen molar-refractivity contribution in [1.29, 1.82) is 5.26 Å². The van der Waals surface area contributed by atoms with Gasteiger partial charge in [0.15, 0.2) is 11.5 Å². The van der Waals surface area contributed by atoms with Crippen LogP contribution in [0.2, 0.25) is 0 Å². The molecule has 0 aromatic heterocycles. The van der Waals surface area contributed by atoms with Gasteiger partial charge in [0, 0.05) is 22.2 Å². The molecule has 7 nitrogen and oxygen atoms in total. The number of carbonyl (C=O) groups excluding carboxylic acids is 2. The van der Waals surface area contributed by atoms with Gasteiger partial charge in [-0.15, -0.1) is 0 Å². The third-order valence-corrected chi connectivity index (χ3v) is 4.58. The number of nitriles is 1. The van der Waals surface area contributed by atoms with E-state index in [0.29, 0.717) is 16.9 Å². The van der Waals surface area contributed by atoms with E-state index in [2.05, 4.69) is 21.2 Å². The van der Waals surface area contributed by atoms with Crippen LogP contribution in [0.3, 0.4) is 0 Å². The second kappa shape index (κ2) is 11.7. The number of hydrogen-bond acceptors (Lipinski definition) is 6. The van der Waals surface area contributed by atoms with Crippen LogP contribution in [0.1, 0.15) is 25.0 Å². The fraction of sp³-hybridized carbons (Fsp3) is 0.208. The second-order valence-corrected chi connectivity index (χ2v) is 7.76. The summed E-state index contributed by atoms with van der Waals surface area (Å²) in [6.45, 7) is 3.61. The Kier molecular flexibility index (Phi) is 9.05. The van der Waals surface area contributed by atoms with E-state index in [1.807, 2.05) is 18.2 Å². The summed E-state index contributed by atoms with van der Waals surface area (Å²) in [6, 6.07) is 11.9. The van der Waals surface area contributed by atoms with E-state index in [1.165, 1.54) is 25.3 Å². The number of carbonyl (C=O) groups is 2. The molecule has 2 aromatic rings. The Bertz CT molecular complexity index is 1100. The molecule has 0 saturated heterocycles. The minimum absolute atomic E-state index is 0.0450. The van der Waals surface area contributed by atoms with Crippen LogP contribution in [0.15, 0.2) is 52.5 Å². The number of amides is 1. The van der Waals surface area contributed by atoms with E-state index >= 15 is 0 Å². The number of hydrogen-bond donors (Lipinski definition) is 1. The van der Waals surface area contributed by atoms with Crippen LogP contribution in [-0.4, -0.2) is 32.1 Å².